The number of rotatable bonds is 15. The number of aryl methyl sites for hydroxylation is 1. The van der Waals surface area contributed by atoms with Crippen LogP contribution in [0.2, 0.25) is 0 Å². The number of carbonyl (C=O) groups is 2. The fraction of sp³-hybridized carbons (Fsp3) is 0.389. The Labute approximate surface area is 260 Å². The van der Waals surface area contributed by atoms with Gasteiger partial charge in [0, 0.05) is 49.7 Å². The highest BCUT2D eigenvalue weighted by molar-refractivity contribution is 6.08. The summed E-state index contributed by atoms with van der Waals surface area (Å²) in [4.78, 5) is 28.5. The molecule has 4 aromatic rings. The number of ether oxygens (including phenoxy) is 1. The normalized spacial score (nSPS) is 14.6. The summed E-state index contributed by atoms with van der Waals surface area (Å²) in [5.41, 5.74) is 4.28. The molecule has 8 heteroatoms. The van der Waals surface area contributed by atoms with Crippen molar-refractivity contribution in [3.63, 3.8) is 0 Å². The van der Waals surface area contributed by atoms with Crippen LogP contribution in [0.4, 0.5) is 5.69 Å². The maximum atomic E-state index is 13.9. The Morgan fingerprint density at radius 1 is 1.02 bits per heavy atom. The molecule has 2 amide bonds. The standard InChI is InChI=1S/C36H44N4O4/c1-3-4-8-17-39-19-16-30-32(39)22-28(23-33(30)40-18-10-15-35(40)42)36(43)38-31(21-26-11-6-5-7-12-26)34(41)25-37-24-27-13-9-14-29(20-27)44-2/h5-7,9,11-14,16,19-20,22-23,31,34,37,41H,3-4,8,10,15,17-18,21,24-25H2,1-2H3,(H,38,43)/t31-,34+/m0/s1. The number of amides is 2. The Morgan fingerprint density at radius 2 is 1.84 bits per heavy atom. The maximum absolute atomic E-state index is 13.9. The quantitative estimate of drug-likeness (QED) is 0.159. The Bertz CT molecular complexity index is 1550. The summed E-state index contributed by atoms with van der Waals surface area (Å²) in [5, 5.41) is 18.8. The van der Waals surface area contributed by atoms with Gasteiger partial charge in [0.1, 0.15) is 5.75 Å². The van der Waals surface area contributed by atoms with Gasteiger partial charge in [-0.1, -0.05) is 62.2 Å². The molecule has 0 unspecified atom stereocenters. The van der Waals surface area contributed by atoms with E-state index in [0.29, 0.717) is 38.0 Å². The molecule has 3 N–H and O–H groups in total. The number of aliphatic hydroxyl groups is 1. The largest absolute Gasteiger partial charge is 0.497 e. The number of aromatic nitrogens is 1. The summed E-state index contributed by atoms with van der Waals surface area (Å²) in [6, 6.07) is 23.0. The summed E-state index contributed by atoms with van der Waals surface area (Å²) < 4.78 is 7.51. The van der Waals surface area contributed by atoms with E-state index in [1.54, 1.807) is 7.11 Å². The molecule has 44 heavy (non-hydrogen) atoms. The molecule has 0 radical (unpaired) electrons. The molecule has 8 nitrogen and oxygen atoms in total. The van der Waals surface area contributed by atoms with Gasteiger partial charge in [0.15, 0.2) is 0 Å². The van der Waals surface area contributed by atoms with E-state index in [1.165, 1.54) is 0 Å². The maximum Gasteiger partial charge on any atom is 0.251 e. The zero-order valence-electron chi connectivity index (χ0n) is 25.8. The zero-order chi connectivity index (χ0) is 30.9. The van der Waals surface area contributed by atoms with Crippen LogP contribution in [-0.2, 0) is 24.3 Å². The number of unbranched alkanes of at least 4 members (excludes halogenated alkanes) is 2. The summed E-state index contributed by atoms with van der Waals surface area (Å²) in [6.07, 6.45) is 6.31. The van der Waals surface area contributed by atoms with Crippen molar-refractivity contribution >= 4 is 28.4 Å². The predicted molar refractivity (Wildman–Crippen MR) is 175 cm³/mol. The number of nitrogens with one attached hydrogen (secondary N) is 2. The van der Waals surface area contributed by atoms with Crippen LogP contribution in [0.1, 0.15) is 60.5 Å². The van der Waals surface area contributed by atoms with Gasteiger partial charge in [0.05, 0.1) is 30.5 Å². The van der Waals surface area contributed by atoms with Crippen LogP contribution in [0, 0.1) is 0 Å². The Balaban J connectivity index is 1.38. The molecule has 1 fully saturated rings. The molecule has 2 atom stereocenters. The van der Waals surface area contributed by atoms with Gasteiger partial charge in [0.2, 0.25) is 5.91 Å². The van der Waals surface area contributed by atoms with E-state index < -0.39 is 12.1 Å². The molecular formula is C36H44N4O4. The first-order valence-electron chi connectivity index (χ1n) is 15.8. The van der Waals surface area contributed by atoms with Crippen LogP contribution in [0.15, 0.2) is 79.0 Å². The van der Waals surface area contributed by atoms with Gasteiger partial charge in [-0.05, 0) is 60.7 Å². The minimum absolute atomic E-state index is 0.0853. The van der Waals surface area contributed by atoms with Crippen molar-refractivity contribution in [3.8, 4) is 5.75 Å². The molecule has 1 saturated heterocycles. The monoisotopic (exact) mass is 596 g/mol. The topological polar surface area (TPSA) is 95.8 Å². The van der Waals surface area contributed by atoms with Crippen LogP contribution in [-0.4, -0.2) is 53.8 Å². The van der Waals surface area contributed by atoms with Crippen molar-refractivity contribution in [3.05, 3.63) is 95.7 Å². The average Bonchev–Trinajstić information content (AvgIpc) is 3.66. The Hall–Kier alpha value is -4.14. The van der Waals surface area contributed by atoms with Crippen molar-refractivity contribution in [1.82, 2.24) is 15.2 Å². The molecule has 0 saturated carbocycles. The molecule has 0 spiro atoms. The molecule has 5 rings (SSSR count). The van der Waals surface area contributed by atoms with Gasteiger partial charge in [-0.25, -0.2) is 0 Å². The number of aliphatic hydroxyl groups excluding tert-OH is 1. The minimum atomic E-state index is -0.842. The van der Waals surface area contributed by atoms with Crippen molar-refractivity contribution in [1.29, 1.82) is 0 Å². The molecule has 1 aliphatic heterocycles. The lowest BCUT2D eigenvalue weighted by atomic mass is 10.00. The van der Waals surface area contributed by atoms with Crippen LogP contribution in [0.25, 0.3) is 10.9 Å². The van der Waals surface area contributed by atoms with E-state index in [0.717, 1.165) is 65.7 Å². The number of carbonyl (C=O) groups excluding carboxylic acids is 2. The lowest BCUT2D eigenvalue weighted by molar-refractivity contribution is -0.117. The van der Waals surface area contributed by atoms with E-state index in [1.807, 2.05) is 71.6 Å². The SMILES string of the molecule is CCCCCn1ccc2c(N3CCCC3=O)cc(C(=O)N[C@@H](Cc3ccccc3)[C@H](O)CNCc3cccc(OC)c3)cc21. The smallest absolute Gasteiger partial charge is 0.251 e. The number of nitrogens with zero attached hydrogens (tertiary/aromatic N) is 2. The number of anilines is 1. The third-order valence-electron chi connectivity index (χ3n) is 8.39. The highest BCUT2D eigenvalue weighted by Crippen LogP contribution is 2.33. The van der Waals surface area contributed by atoms with Crippen molar-refractivity contribution in [2.75, 3.05) is 25.1 Å². The zero-order valence-corrected chi connectivity index (χ0v) is 25.8. The second kappa shape index (κ2) is 15.0. The lowest BCUT2D eigenvalue weighted by Gasteiger charge is -2.25. The van der Waals surface area contributed by atoms with Gasteiger partial charge < -0.3 is 29.9 Å². The highest BCUT2D eigenvalue weighted by atomic mass is 16.5. The molecule has 2 heterocycles. The number of benzene rings is 3. The van der Waals surface area contributed by atoms with Crippen LogP contribution in [0.3, 0.4) is 0 Å². The molecule has 1 aromatic heterocycles. The van der Waals surface area contributed by atoms with Gasteiger partial charge in [-0.3, -0.25) is 9.59 Å². The van der Waals surface area contributed by atoms with Crippen molar-refractivity contribution in [2.45, 2.75) is 70.7 Å². The van der Waals surface area contributed by atoms with Crippen LogP contribution in [0.5, 0.6) is 5.75 Å². The van der Waals surface area contributed by atoms with Gasteiger partial charge >= 0.3 is 0 Å². The molecular weight excluding hydrogens is 552 g/mol. The first-order valence-corrected chi connectivity index (χ1v) is 15.8. The first kappa shape index (κ1) is 31.3. The van der Waals surface area contributed by atoms with Crippen LogP contribution < -0.4 is 20.3 Å². The number of hydrogen-bond donors (Lipinski definition) is 3. The van der Waals surface area contributed by atoms with Crippen molar-refractivity contribution in [2.24, 2.45) is 0 Å². The fourth-order valence-corrected chi connectivity index (χ4v) is 5.95. The highest BCUT2D eigenvalue weighted by Gasteiger charge is 2.27. The van der Waals surface area contributed by atoms with Gasteiger partial charge in [0.25, 0.3) is 5.91 Å². The van der Waals surface area contributed by atoms with Crippen LogP contribution >= 0.6 is 0 Å². The second-order valence-corrected chi connectivity index (χ2v) is 11.6. The number of fused-ring (bicyclic) bond motifs is 1. The second-order valence-electron chi connectivity index (χ2n) is 11.6. The Morgan fingerprint density at radius 3 is 2.59 bits per heavy atom. The van der Waals surface area contributed by atoms with E-state index in [2.05, 4.69) is 34.4 Å². The molecule has 3 aromatic carbocycles. The van der Waals surface area contributed by atoms with E-state index >= 15 is 0 Å². The molecule has 232 valence electrons. The van der Waals surface area contributed by atoms with E-state index in [-0.39, 0.29) is 11.8 Å². The molecule has 1 aliphatic rings. The molecule has 0 bridgehead atoms. The van der Waals surface area contributed by atoms with Crippen molar-refractivity contribution < 1.29 is 19.4 Å². The fourth-order valence-electron chi connectivity index (χ4n) is 5.95. The first-order chi connectivity index (χ1) is 21.5. The Kier molecular flexibility index (Phi) is 10.7. The van der Waals surface area contributed by atoms with Gasteiger partial charge in [-0.2, -0.15) is 0 Å². The number of hydrogen-bond acceptors (Lipinski definition) is 5. The van der Waals surface area contributed by atoms with E-state index in [9.17, 15) is 14.7 Å². The third kappa shape index (κ3) is 7.68. The summed E-state index contributed by atoms with van der Waals surface area (Å²) in [5.74, 6) is 0.596. The third-order valence-corrected chi connectivity index (χ3v) is 8.39. The average molecular weight is 597 g/mol. The summed E-state index contributed by atoms with van der Waals surface area (Å²) >= 11 is 0. The summed E-state index contributed by atoms with van der Waals surface area (Å²) in [6.45, 7) is 4.53. The van der Waals surface area contributed by atoms with E-state index in [4.69, 9.17) is 4.74 Å². The molecule has 0 aliphatic carbocycles. The predicted octanol–water partition coefficient (Wildman–Crippen LogP) is 5.46. The summed E-state index contributed by atoms with van der Waals surface area (Å²) in [7, 11) is 1.64. The van der Waals surface area contributed by atoms with Gasteiger partial charge in [-0.15, -0.1) is 0 Å². The lowest BCUT2D eigenvalue weighted by Crippen LogP contribution is -2.48. The number of methoxy groups -OCH3 is 1. The minimum Gasteiger partial charge on any atom is -0.497 e.